The molecule has 0 aliphatic heterocycles. The highest BCUT2D eigenvalue weighted by molar-refractivity contribution is 8.04. The lowest BCUT2D eigenvalue weighted by molar-refractivity contribution is 0.0265. The third-order valence-electron chi connectivity index (χ3n) is 4.96. The minimum absolute atomic E-state index is 0.0947. The Kier molecular flexibility index (Phi) is 7.44. The predicted octanol–water partition coefficient (Wildman–Crippen LogP) is 3.98. The van der Waals surface area contributed by atoms with E-state index in [1.807, 2.05) is 0 Å². The van der Waals surface area contributed by atoms with Gasteiger partial charge >= 0.3 is 5.97 Å². The van der Waals surface area contributed by atoms with Crippen LogP contribution < -0.4 is 0 Å². The van der Waals surface area contributed by atoms with Crippen LogP contribution in [0.2, 0.25) is 0 Å². The van der Waals surface area contributed by atoms with Crippen LogP contribution in [-0.2, 0) is 9.47 Å². The maximum Gasteiger partial charge on any atom is 0.361 e. The number of nitrogens with zero attached hydrogens (tertiary/aromatic N) is 1. The molecule has 0 saturated heterocycles. The molecule has 0 spiro atoms. The zero-order valence-electron chi connectivity index (χ0n) is 16.0. The van der Waals surface area contributed by atoms with Crippen LogP contribution in [0, 0.1) is 0 Å². The van der Waals surface area contributed by atoms with Gasteiger partial charge in [0.25, 0.3) is 0 Å². The Labute approximate surface area is 168 Å². The first-order chi connectivity index (χ1) is 13.6. The van der Waals surface area contributed by atoms with Crippen LogP contribution in [0.25, 0.3) is 0 Å². The smallest absolute Gasteiger partial charge is 0.361 e. The molecule has 7 nitrogen and oxygen atoms in total. The number of carbonyl (C=O) groups excluding carboxylic acids is 3. The van der Waals surface area contributed by atoms with Gasteiger partial charge in [0, 0.05) is 12.7 Å². The molecule has 1 saturated carbocycles. The number of ether oxygens (including phenoxy) is 2. The third-order valence-corrected chi connectivity index (χ3v) is 6.07. The standard InChI is InChI=1S/C20H25NO6S/c1-25-20(24)17-16-18(23)15(12-14(22)19(16)27-21-17)28-11-7-3-6-10-26-13-8-4-2-5-9-13/h12-13H,2-11H2,1H3. The summed E-state index contributed by atoms with van der Waals surface area (Å²) in [5.41, 5.74) is -0.343. The summed E-state index contributed by atoms with van der Waals surface area (Å²) < 4.78 is 15.4. The number of thioether (sulfide) groups is 1. The largest absolute Gasteiger partial charge is 0.464 e. The van der Waals surface area contributed by atoms with E-state index in [9.17, 15) is 14.4 Å². The molecule has 1 aromatic rings. The van der Waals surface area contributed by atoms with Crippen molar-refractivity contribution < 1.29 is 28.4 Å². The quantitative estimate of drug-likeness (QED) is 0.448. The topological polar surface area (TPSA) is 95.7 Å². The molecule has 3 rings (SSSR count). The fourth-order valence-electron chi connectivity index (χ4n) is 3.43. The van der Waals surface area contributed by atoms with Crippen molar-refractivity contribution in [3.63, 3.8) is 0 Å². The molecule has 1 aromatic heterocycles. The van der Waals surface area contributed by atoms with E-state index in [0.717, 1.165) is 25.9 Å². The molecule has 0 bridgehead atoms. The highest BCUT2D eigenvalue weighted by Gasteiger charge is 2.36. The Morgan fingerprint density at radius 2 is 2.00 bits per heavy atom. The summed E-state index contributed by atoms with van der Waals surface area (Å²) in [7, 11) is 1.18. The Bertz CT molecular complexity index is 763. The Balaban J connectivity index is 1.42. The van der Waals surface area contributed by atoms with Crippen molar-refractivity contribution in [2.75, 3.05) is 19.5 Å². The number of fused-ring (bicyclic) bond motifs is 1. The number of aromatic nitrogens is 1. The molecule has 152 valence electrons. The number of unbranched alkanes of at least 4 members (excludes halogenated alkanes) is 2. The molecular weight excluding hydrogens is 382 g/mol. The van der Waals surface area contributed by atoms with Crippen LogP contribution >= 0.6 is 11.8 Å². The molecule has 0 unspecified atom stereocenters. The van der Waals surface area contributed by atoms with Gasteiger partial charge in [0.1, 0.15) is 5.56 Å². The number of allylic oxidation sites excluding steroid dienone is 2. The van der Waals surface area contributed by atoms with Crippen molar-refractivity contribution in [3.8, 4) is 0 Å². The number of Topliss-reactive ketones (excluding diaryl/α,β-unsaturated/α-hetero) is 1. The van der Waals surface area contributed by atoms with Gasteiger partial charge in [-0.25, -0.2) is 4.79 Å². The average Bonchev–Trinajstić information content (AvgIpc) is 3.17. The van der Waals surface area contributed by atoms with E-state index in [1.54, 1.807) is 0 Å². The maximum absolute atomic E-state index is 12.6. The molecule has 0 N–H and O–H groups in total. The van der Waals surface area contributed by atoms with Gasteiger partial charge in [0.05, 0.1) is 18.1 Å². The number of methoxy groups -OCH3 is 1. The monoisotopic (exact) mass is 407 g/mol. The molecular formula is C20H25NO6S. The van der Waals surface area contributed by atoms with Crippen molar-refractivity contribution >= 4 is 29.3 Å². The van der Waals surface area contributed by atoms with Gasteiger partial charge in [-0.05, 0) is 31.4 Å². The minimum Gasteiger partial charge on any atom is -0.464 e. The lowest BCUT2D eigenvalue weighted by Gasteiger charge is -2.21. The fraction of sp³-hybridized carbons (Fsp3) is 0.600. The van der Waals surface area contributed by atoms with Crippen LogP contribution in [0.3, 0.4) is 0 Å². The van der Waals surface area contributed by atoms with Gasteiger partial charge in [0.15, 0.2) is 0 Å². The van der Waals surface area contributed by atoms with E-state index in [0.29, 0.717) is 16.8 Å². The maximum atomic E-state index is 12.6. The number of hydrogen-bond donors (Lipinski definition) is 0. The molecule has 2 aliphatic rings. The molecule has 0 amide bonds. The summed E-state index contributed by atoms with van der Waals surface area (Å²) in [5, 5.41) is 3.52. The molecule has 8 heteroatoms. The van der Waals surface area contributed by atoms with E-state index >= 15 is 0 Å². The summed E-state index contributed by atoms with van der Waals surface area (Å²) in [4.78, 5) is 36.8. The summed E-state index contributed by atoms with van der Waals surface area (Å²) in [6.45, 7) is 0.780. The first kappa shape index (κ1) is 20.8. The average molecular weight is 407 g/mol. The molecule has 0 atom stereocenters. The van der Waals surface area contributed by atoms with Crippen molar-refractivity contribution in [1.82, 2.24) is 5.16 Å². The van der Waals surface area contributed by atoms with E-state index in [2.05, 4.69) is 9.89 Å². The third kappa shape index (κ3) is 4.91. The molecule has 1 heterocycles. The summed E-state index contributed by atoms with van der Waals surface area (Å²) in [6.07, 6.45) is 10.8. The van der Waals surface area contributed by atoms with Crippen LogP contribution in [0.5, 0.6) is 0 Å². The van der Waals surface area contributed by atoms with E-state index < -0.39 is 17.5 Å². The fourth-order valence-corrected chi connectivity index (χ4v) is 4.42. The van der Waals surface area contributed by atoms with Crippen molar-refractivity contribution in [1.29, 1.82) is 0 Å². The highest BCUT2D eigenvalue weighted by Crippen LogP contribution is 2.31. The van der Waals surface area contributed by atoms with E-state index in [4.69, 9.17) is 9.26 Å². The van der Waals surface area contributed by atoms with Gasteiger partial charge in [-0.3, -0.25) is 9.59 Å². The number of esters is 1. The molecule has 2 aliphatic carbocycles. The second-order valence-corrected chi connectivity index (χ2v) is 8.11. The van der Waals surface area contributed by atoms with E-state index in [1.165, 1.54) is 57.1 Å². The van der Waals surface area contributed by atoms with Crippen LogP contribution in [0.4, 0.5) is 0 Å². The minimum atomic E-state index is -0.796. The zero-order chi connectivity index (χ0) is 19.9. The number of rotatable bonds is 9. The van der Waals surface area contributed by atoms with Gasteiger partial charge in [-0.2, -0.15) is 0 Å². The number of ketones is 2. The van der Waals surface area contributed by atoms with Gasteiger partial charge < -0.3 is 14.0 Å². The summed E-state index contributed by atoms with van der Waals surface area (Å²) in [6, 6.07) is 0. The van der Waals surface area contributed by atoms with Crippen molar-refractivity contribution in [2.45, 2.75) is 57.5 Å². The normalized spacial score (nSPS) is 17.4. The van der Waals surface area contributed by atoms with Crippen LogP contribution in [0.15, 0.2) is 15.5 Å². The number of carbonyl (C=O) groups is 3. The van der Waals surface area contributed by atoms with Crippen molar-refractivity contribution in [3.05, 3.63) is 28.0 Å². The van der Waals surface area contributed by atoms with Crippen LogP contribution in [0.1, 0.15) is 82.8 Å². The summed E-state index contributed by atoms with van der Waals surface area (Å²) in [5.74, 6) is -1.16. The predicted molar refractivity (Wildman–Crippen MR) is 104 cm³/mol. The Hall–Kier alpha value is -1.93. The second-order valence-electron chi connectivity index (χ2n) is 6.97. The lowest BCUT2D eigenvalue weighted by atomic mass is 9.98. The second kappa shape index (κ2) is 10.0. The molecule has 0 radical (unpaired) electrons. The first-order valence-electron chi connectivity index (χ1n) is 9.75. The summed E-state index contributed by atoms with van der Waals surface area (Å²) >= 11 is 1.32. The van der Waals surface area contributed by atoms with Crippen molar-refractivity contribution in [2.24, 2.45) is 0 Å². The SMILES string of the molecule is COC(=O)c1noc2c1C(=O)C(SCCCCCOC1CCCCC1)=CC2=O. The van der Waals surface area contributed by atoms with Gasteiger partial charge in [0.2, 0.25) is 23.0 Å². The molecule has 0 aromatic carbocycles. The van der Waals surface area contributed by atoms with Gasteiger partial charge in [-0.1, -0.05) is 30.8 Å². The molecule has 28 heavy (non-hydrogen) atoms. The number of hydrogen-bond acceptors (Lipinski definition) is 8. The van der Waals surface area contributed by atoms with Crippen LogP contribution in [-0.4, -0.2) is 48.3 Å². The van der Waals surface area contributed by atoms with E-state index in [-0.39, 0.29) is 17.0 Å². The zero-order valence-corrected chi connectivity index (χ0v) is 16.8. The van der Waals surface area contributed by atoms with Gasteiger partial charge in [-0.15, -0.1) is 11.8 Å². The lowest BCUT2D eigenvalue weighted by Crippen LogP contribution is -2.18. The molecule has 1 fully saturated rings. The Morgan fingerprint density at radius 1 is 1.21 bits per heavy atom. The first-order valence-corrected chi connectivity index (χ1v) is 10.7. The highest BCUT2D eigenvalue weighted by atomic mass is 32.2. The Morgan fingerprint density at radius 3 is 2.75 bits per heavy atom.